The maximum absolute atomic E-state index is 13.2. The maximum atomic E-state index is 13.2. The van der Waals surface area contributed by atoms with Gasteiger partial charge in [0.05, 0.1) is 5.69 Å². The summed E-state index contributed by atoms with van der Waals surface area (Å²) >= 11 is 0. The first-order valence-electron chi connectivity index (χ1n) is 9.99. The van der Waals surface area contributed by atoms with Crippen molar-refractivity contribution in [3.63, 3.8) is 0 Å². The van der Waals surface area contributed by atoms with Crippen LogP contribution in [0.4, 0.5) is 5.69 Å². The van der Waals surface area contributed by atoms with Gasteiger partial charge in [-0.3, -0.25) is 9.59 Å². The Balaban J connectivity index is 1.81. The molecule has 2 aromatic rings. The van der Waals surface area contributed by atoms with Gasteiger partial charge >= 0.3 is 0 Å². The fraction of sp³-hybridized carbons (Fsp3) is 0.391. The predicted molar refractivity (Wildman–Crippen MR) is 114 cm³/mol. The van der Waals surface area contributed by atoms with Gasteiger partial charge in [-0.1, -0.05) is 56.3 Å². The normalized spacial score (nSPS) is 17.9. The van der Waals surface area contributed by atoms with E-state index in [9.17, 15) is 14.7 Å². The van der Waals surface area contributed by atoms with Crippen molar-refractivity contribution in [2.45, 2.75) is 39.0 Å². The summed E-state index contributed by atoms with van der Waals surface area (Å²) in [6, 6.07) is 15.0. The van der Waals surface area contributed by atoms with E-state index in [1.165, 1.54) is 0 Å². The largest absolute Gasteiger partial charge is 0.383 e. The topological polar surface area (TPSA) is 81.7 Å². The third-order valence-electron chi connectivity index (χ3n) is 5.32. The third kappa shape index (κ3) is 4.33. The number of likely N-dealkylation sites (N-methyl/N-ethyl adjacent to an activating group) is 1. The van der Waals surface area contributed by atoms with Crippen molar-refractivity contribution >= 4 is 17.5 Å². The molecule has 1 aliphatic rings. The number of carbonyl (C=O) groups is 2. The second-order valence-corrected chi connectivity index (χ2v) is 7.94. The Morgan fingerprint density at radius 1 is 1.07 bits per heavy atom. The molecular formula is C23H29N3O3. The minimum absolute atomic E-state index is 0.0526. The Bertz CT molecular complexity index is 896. The van der Waals surface area contributed by atoms with E-state index in [1.54, 1.807) is 25.8 Å². The predicted octanol–water partition coefficient (Wildman–Crippen LogP) is 2.48. The molecule has 0 spiro atoms. The van der Waals surface area contributed by atoms with E-state index in [0.29, 0.717) is 6.54 Å². The van der Waals surface area contributed by atoms with Gasteiger partial charge in [-0.05, 0) is 30.0 Å². The number of para-hydroxylation sites is 1. The van der Waals surface area contributed by atoms with Gasteiger partial charge in [0.25, 0.3) is 0 Å². The standard InChI is InChI=1S/C23H29N3O3/c1-14(2)21(27)22(28)25-15(3)13-24-20-18-11-6-5-9-16(18)17-10-7-8-12-19(17)26(4)23(20)29/h5-12,14-15,20-21,24,27H,13H2,1-4H3,(H,25,28)/t15-,20-,21-/m0/s1. The zero-order chi connectivity index (χ0) is 21.1. The lowest BCUT2D eigenvalue weighted by molar-refractivity contribution is -0.132. The zero-order valence-corrected chi connectivity index (χ0v) is 17.3. The highest BCUT2D eigenvalue weighted by Gasteiger charge is 2.32. The Morgan fingerprint density at radius 3 is 2.38 bits per heavy atom. The summed E-state index contributed by atoms with van der Waals surface area (Å²) < 4.78 is 0. The fourth-order valence-corrected chi connectivity index (χ4v) is 3.61. The molecule has 6 heteroatoms. The van der Waals surface area contributed by atoms with Gasteiger partial charge in [0, 0.05) is 25.2 Å². The average Bonchev–Trinajstić information content (AvgIpc) is 2.80. The molecule has 29 heavy (non-hydrogen) atoms. The maximum Gasteiger partial charge on any atom is 0.249 e. The van der Waals surface area contributed by atoms with Crippen molar-refractivity contribution in [1.29, 1.82) is 0 Å². The second kappa shape index (κ2) is 8.76. The smallest absolute Gasteiger partial charge is 0.249 e. The second-order valence-electron chi connectivity index (χ2n) is 7.94. The molecule has 2 aromatic carbocycles. The first-order valence-corrected chi connectivity index (χ1v) is 9.99. The Labute approximate surface area is 171 Å². The van der Waals surface area contributed by atoms with Crippen molar-refractivity contribution in [3.05, 3.63) is 54.1 Å². The lowest BCUT2D eigenvalue weighted by Gasteiger charge is -2.25. The fourth-order valence-electron chi connectivity index (χ4n) is 3.61. The molecule has 1 heterocycles. The number of hydrogen-bond donors (Lipinski definition) is 3. The van der Waals surface area contributed by atoms with Gasteiger partial charge in [0.1, 0.15) is 12.1 Å². The monoisotopic (exact) mass is 395 g/mol. The number of fused-ring (bicyclic) bond motifs is 3. The van der Waals surface area contributed by atoms with Gasteiger partial charge in [-0.15, -0.1) is 0 Å². The molecule has 2 amide bonds. The first-order chi connectivity index (χ1) is 13.8. The van der Waals surface area contributed by atoms with Crippen molar-refractivity contribution < 1.29 is 14.7 Å². The number of rotatable bonds is 6. The van der Waals surface area contributed by atoms with Crippen LogP contribution < -0.4 is 15.5 Å². The van der Waals surface area contributed by atoms with E-state index in [2.05, 4.69) is 10.6 Å². The molecule has 3 N–H and O–H groups in total. The highest BCUT2D eigenvalue weighted by Crippen LogP contribution is 2.39. The SMILES string of the molecule is CC(C)[C@H](O)C(=O)N[C@@H](C)CN[C@@H]1C(=O)N(C)c2ccccc2-c2ccccc21. The third-order valence-corrected chi connectivity index (χ3v) is 5.32. The summed E-state index contributed by atoms with van der Waals surface area (Å²) in [5, 5.41) is 16.0. The van der Waals surface area contributed by atoms with Crippen molar-refractivity contribution in [1.82, 2.24) is 10.6 Å². The van der Waals surface area contributed by atoms with E-state index in [0.717, 1.165) is 22.4 Å². The van der Waals surface area contributed by atoms with Crippen LogP contribution in [-0.4, -0.2) is 42.7 Å². The molecule has 0 bridgehead atoms. The number of hydrogen-bond acceptors (Lipinski definition) is 4. The van der Waals surface area contributed by atoms with Gasteiger partial charge in [-0.25, -0.2) is 0 Å². The number of aliphatic hydroxyl groups is 1. The van der Waals surface area contributed by atoms with Crippen LogP contribution in [0.1, 0.15) is 32.4 Å². The van der Waals surface area contributed by atoms with Crippen LogP contribution >= 0.6 is 0 Å². The van der Waals surface area contributed by atoms with Crippen LogP contribution in [0.2, 0.25) is 0 Å². The minimum atomic E-state index is -1.04. The first kappa shape index (κ1) is 21.0. The van der Waals surface area contributed by atoms with E-state index >= 15 is 0 Å². The van der Waals surface area contributed by atoms with E-state index in [4.69, 9.17) is 0 Å². The van der Waals surface area contributed by atoms with Crippen molar-refractivity contribution in [2.24, 2.45) is 5.92 Å². The lowest BCUT2D eigenvalue weighted by atomic mass is 9.95. The number of amides is 2. The zero-order valence-electron chi connectivity index (χ0n) is 17.3. The van der Waals surface area contributed by atoms with E-state index in [-0.39, 0.29) is 17.9 Å². The molecule has 0 aromatic heterocycles. The molecule has 6 nitrogen and oxygen atoms in total. The highest BCUT2D eigenvalue weighted by atomic mass is 16.3. The van der Waals surface area contributed by atoms with Gasteiger partial charge in [0.2, 0.25) is 11.8 Å². The number of anilines is 1. The number of benzene rings is 2. The van der Waals surface area contributed by atoms with Gasteiger partial charge in [-0.2, -0.15) is 0 Å². The summed E-state index contributed by atoms with van der Waals surface area (Å²) in [4.78, 5) is 27.0. The minimum Gasteiger partial charge on any atom is -0.383 e. The number of aliphatic hydroxyl groups excluding tert-OH is 1. The molecule has 3 rings (SSSR count). The molecule has 0 saturated heterocycles. The van der Waals surface area contributed by atoms with Gasteiger partial charge in [0.15, 0.2) is 0 Å². The summed E-state index contributed by atoms with van der Waals surface area (Å²) in [6.07, 6.45) is -1.04. The van der Waals surface area contributed by atoms with E-state index < -0.39 is 18.1 Å². The van der Waals surface area contributed by atoms with Crippen LogP contribution in [0.25, 0.3) is 11.1 Å². The molecule has 154 valence electrons. The van der Waals surface area contributed by atoms with Crippen LogP contribution in [0, 0.1) is 5.92 Å². The highest BCUT2D eigenvalue weighted by molar-refractivity contribution is 6.04. The summed E-state index contributed by atoms with van der Waals surface area (Å²) in [6.45, 7) is 5.83. The van der Waals surface area contributed by atoms with Crippen LogP contribution in [0.15, 0.2) is 48.5 Å². The van der Waals surface area contributed by atoms with Crippen LogP contribution in [0.3, 0.4) is 0 Å². The molecule has 0 radical (unpaired) electrons. The molecule has 0 saturated carbocycles. The average molecular weight is 396 g/mol. The Hall–Kier alpha value is -2.70. The summed E-state index contributed by atoms with van der Waals surface area (Å²) in [5.74, 6) is -0.604. The van der Waals surface area contributed by atoms with Crippen molar-refractivity contribution in [2.75, 3.05) is 18.5 Å². The number of nitrogens with zero attached hydrogens (tertiary/aromatic N) is 1. The van der Waals surface area contributed by atoms with E-state index in [1.807, 2.05) is 55.5 Å². The summed E-state index contributed by atoms with van der Waals surface area (Å²) in [5.41, 5.74) is 3.82. The molecule has 0 fully saturated rings. The summed E-state index contributed by atoms with van der Waals surface area (Å²) in [7, 11) is 1.78. The van der Waals surface area contributed by atoms with Crippen LogP contribution in [0.5, 0.6) is 0 Å². The molecule has 0 unspecified atom stereocenters. The Kier molecular flexibility index (Phi) is 6.35. The molecular weight excluding hydrogens is 366 g/mol. The van der Waals surface area contributed by atoms with Gasteiger partial charge < -0.3 is 20.6 Å². The number of carbonyl (C=O) groups excluding carboxylic acids is 2. The molecule has 0 aliphatic carbocycles. The van der Waals surface area contributed by atoms with Crippen molar-refractivity contribution in [3.8, 4) is 11.1 Å². The van der Waals surface area contributed by atoms with Crippen LogP contribution in [-0.2, 0) is 9.59 Å². The Morgan fingerprint density at radius 2 is 1.69 bits per heavy atom. The molecule has 3 atom stereocenters. The number of nitrogens with one attached hydrogen (secondary N) is 2. The molecule has 1 aliphatic heterocycles. The quantitative estimate of drug-likeness (QED) is 0.702. The lowest BCUT2D eigenvalue weighted by Crippen LogP contribution is -2.48.